The fourth-order valence-corrected chi connectivity index (χ4v) is 8.50. The van der Waals surface area contributed by atoms with Crippen LogP contribution in [0.25, 0.3) is 133 Å². The van der Waals surface area contributed by atoms with Gasteiger partial charge in [0.15, 0.2) is 17.5 Å². The maximum absolute atomic E-state index is 6.53. The zero-order chi connectivity index (χ0) is 37.9. The zero-order valence-electron chi connectivity index (χ0n) is 30.6. The fourth-order valence-electron chi connectivity index (χ4n) is 8.50. The predicted molar refractivity (Wildman–Crippen MR) is 231 cm³/mol. The summed E-state index contributed by atoms with van der Waals surface area (Å²) in [6.07, 6.45) is 0. The van der Waals surface area contributed by atoms with Gasteiger partial charge in [0.2, 0.25) is 0 Å². The van der Waals surface area contributed by atoms with E-state index in [1.807, 2.05) is 84.9 Å². The Morgan fingerprint density at radius 3 is 1.24 bits per heavy atom. The zero-order valence-corrected chi connectivity index (χ0v) is 30.6. The van der Waals surface area contributed by atoms with Crippen molar-refractivity contribution in [1.82, 2.24) is 15.0 Å². The van der Waals surface area contributed by atoms with Gasteiger partial charge in [0.25, 0.3) is 0 Å². The number of benzene rings is 8. The Bertz CT molecular complexity index is 3810. The SMILES string of the molecule is c1ccc(-c2cccc(-c3nc(-c4ccc5c(c4)oc4cc6c(cc45)oc4ccccc46)nc(-c4ccc5oc6cc7c(cc6c5c4)oc4ccccc47)n3)c2)cc1. The third-order valence-electron chi connectivity index (χ3n) is 11.3. The molecule has 0 aliphatic carbocycles. The van der Waals surface area contributed by atoms with E-state index in [1.165, 1.54) is 0 Å². The molecule has 270 valence electrons. The summed E-state index contributed by atoms with van der Waals surface area (Å²) in [5.41, 5.74) is 11.2. The Balaban J connectivity index is 0.987. The van der Waals surface area contributed by atoms with Crippen LogP contribution in [0.2, 0.25) is 0 Å². The van der Waals surface area contributed by atoms with Crippen LogP contribution >= 0.6 is 0 Å². The number of rotatable bonds is 4. The number of hydrogen-bond donors (Lipinski definition) is 0. The average molecular weight is 746 g/mol. The Kier molecular flexibility index (Phi) is 6.32. The maximum Gasteiger partial charge on any atom is 0.164 e. The minimum Gasteiger partial charge on any atom is -0.456 e. The van der Waals surface area contributed by atoms with Gasteiger partial charge in [-0.05, 0) is 83.9 Å². The molecule has 5 heterocycles. The first-order chi connectivity index (χ1) is 28.7. The molecule has 7 heteroatoms. The third-order valence-corrected chi connectivity index (χ3v) is 11.3. The molecule has 13 rings (SSSR count). The van der Waals surface area contributed by atoms with E-state index < -0.39 is 0 Å². The Morgan fingerprint density at radius 2 is 0.621 bits per heavy atom. The summed E-state index contributed by atoms with van der Waals surface area (Å²) >= 11 is 0. The number of aromatic nitrogens is 3. The molecule has 0 fully saturated rings. The predicted octanol–water partition coefficient (Wildman–Crippen LogP) is 14.1. The van der Waals surface area contributed by atoms with Crippen molar-refractivity contribution in [3.63, 3.8) is 0 Å². The molecule has 0 amide bonds. The number of fused-ring (bicyclic) bond motifs is 12. The quantitative estimate of drug-likeness (QED) is 0.177. The smallest absolute Gasteiger partial charge is 0.164 e. The fraction of sp³-hybridized carbons (Fsp3) is 0. The van der Waals surface area contributed by atoms with Crippen LogP contribution in [0.15, 0.2) is 181 Å². The van der Waals surface area contributed by atoms with Gasteiger partial charge in [-0.25, -0.2) is 15.0 Å². The standard InChI is InChI=1S/C51H27N3O4/c1-2-9-28(10-3-1)29-11-8-12-30(21-29)49-52-50(31-18-20-43-36(22-31)40-27-46-38(25-48(40)57-43)34-14-5-7-16-42(34)56-46)54-51(53-49)32-17-19-35-39-26-45-37(24-47(39)58-44(35)23-32)33-13-4-6-15-41(33)55-45/h1-27H. The molecule has 0 radical (unpaired) electrons. The number of furan rings is 4. The highest BCUT2D eigenvalue weighted by Gasteiger charge is 2.19. The molecule has 8 aromatic carbocycles. The number of nitrogens with zero attached hydrogens (tertiary/aromatic N) is 3. The topological polar surface area (TPSA) is 91.2 Å². The summed E-state index contributed by atoms with van der Waals surface area (Å²) in [5.74, 6) is 1.65. The van der Waals surface area contributed by atoms with Crippen LogP contribution in [-0.4, -0.2) is 15.0 Å². The molecule has 7 nitrogen and oxygen atoms in total. The largest absolute Gasteiger partial charge is 0.456 e. The van der Waals surface area contributed by atoms with Crippen molar-refractivity contribution in [2.45, 2.75) is 0 Å². The monoisotopic (exact) mass is 745 g/mol. The van der Waals surface area contributed by atoms with Gasteiger partial charge in [-0.15, -0.1) is 0 Å². The maximum atomic E-state index is 6.53. The lowest BCUT2D eigenvalue weighted by Crippen LogP contribution is -2.00. The summed E-state index contributed by atoms with van der Waals surface area (Å²) in [7, 11) is 0. The normalized spacial score (nSPS) is 12.1. The van der Waals surface area contributed by atoms with Gasteiger partial charge >= 0.3 is 0 Å². The van der Waals surface area contributed by atoms with Crippen molar-refractivity contribution in [3.05, 3.63) is 164 Å². The molecule has 5 aromatic heterocycles. The van der Waals surface area contributed by atoms with Crippen LogP contribution in [0.3, 0.4) is 0 Å². The lowest BCUT2D eigenvalue weighted by molar-refractivity contribution is 0.664. The second-order valence-electron chi connectivity index (χ2n) is 14.8. The van der Waals surface area contributed by atoms with Crippen LogP contribution in [0.1, 0.15) is 0 Å². The van der Waals surface area contributed by atoms with E-state index >= 15 is 0 Å². The second kappa shape index (κ2) is 11.7. The van der Waals surface area contributed by atoms with E-state index in [9.17, 15) is 0 Å². The van der Waals surface area contributed by atoms with E-state index in [2.05, 4.69) is 78.9 Å². The molecular weight excluding hydrogens is 719 g/mol. The summed E-state index contributed by atoms with van der Waals surface area (Å²) in [4.78, 5) is 15.4. The van der Waals surface area contributed by atoms with Crippen molar-refractivity contribution in [2.24, 2.45) is 0 Å². The molecule has 0 N–H and O–H groups in total. The summed E-state index contributed by atoms with van der Waals surface area (Å²) in [5, 5.41) is 8.06. The van der Waals surface area contributed by atoms with Crippen molar-refractivity contribution in [1.29, 1.82) is 0 Å². The highest BCUT2D eigenvalue weighted by atomic mass is 16.3. The van der Waals surface area contributed by atoms with Gasteiger partial charge in [-0.1, -0.05) is 91.0 Å². The first-order valence-electron chi connectivity index (χ1n) is 19.1. The molecule has 0 bridgehead atoms. The molecule has 13 aromatic rings. The lowest BCUT2D eigenvalue weighted by atomic mass is 10.0. The van der Waals surface area contributed by atoms with Gasteiger partial charge in [0, 0.05) is 59.8 Å². The number of para-hydroxylation sites is 2. The van der Waals surface area contributed by atoms with E-state index in [-0.39, 0.29) is 0 Å². The molecule has 0 aliphatic rings. The van der Waals surface area contributed by atoms with E-state index in [1.54, 1.807) is 0 Å². The van der Waals surface area contributed by atoms with E-state index in [0.717, 1.165) is 116 Å². The van der Waals surface area contributed by atoms with E-state index in [4.69, 9.17) is 32.6 Å². The highest BCUT2D eigenvalue weighted by Crippen LogP contribution is 2.40. The molecule has 58 heavy (non-hydrogen) atoms. The van der Waals surface area contributed by atoms with Gasteiger partial charge in [-0.3, -0.25) is 0 Å². The Labute approximate surface area is 328 Å². The molecule has 0 aliphatic heterocycles. The first-order valence-corrected chi connectivity index (χ1v) is 19.1. The van der Waals surface area contributed by atoms with Crippen LogP contribution in [0, 0.1) is 0 Å². The summed E-state index contributed by atoms with van der Waals surface area (Å²) in [6.45, 7) is 0. The highest BCUT2D eigenvalue weighted by molar-refractivity contribution is 6.16. The van der Waals surface area contributed by atoms with E-state index in [0.29, 0.717) is 17.5 Å². The van der Waals surface area contributed by atoms with Crippen LogP contribution in [0.5, 0.6) is 0 Å². The molecular formula is C51H27N3O4. The average Bonchev–Trinajstić information content (AvgIpc) is 4.04. The van der Waals surface area contributed by atoms with Crippen LogP contribution in [0.4, 0.5) is 0 Å². The minimum atomic E-state index is 0.536. The van der Waals surface area contributed by atoms with Crippen molar-refractivity contribution < 1.29 is 17.7 Å². The Hall–Kier alpha value is -8.03. The lowest BCUT2D eigenvalue weighted by Gasteiger charge is -2.10. The summed E-state index contributed by atoms with van der Waals surface area (Å²) < 4.78 is 25.4. The van der Waals surface area contributed by atoms with Gasteiger partial charge < -0.3 is 17.7 Å². The Morgan fingerprint density at radius 1 is 0.224 bits per heavy atom. The van der Waals surface area contributed by atoms with Gasteiger partial charge in [-0.2, -0.15) is 0 Å². The van der Waals surface area contributed by atoms with Crippen LogP contribution in [-0.2, 0) is 0 Å². The van der Waals surface area contributed by atoms with Crippen LogP contribution < -0.4 is 0 Å². The van der Waals surface area contributed by atoms with Gasteiger partial charge in [0.1, 0.15) is 44.7 Å². The molecule has 0 saturated heterocycles. The molecule has 0 spiro atoms. The van der Waals surface area contributed by atoms with Crippen molar-refractivity contribution in [3.8, 4) is 45.3 Å². The van der Waals surface area contributed by atoms with Crippen molar-refractivity contribution in [2.75, 3.05) is 0 Å². The summed E-state index contributed by atoms with van der Waals surface area (Å²) in [6, 6.07) is 55.3. The molecule has 0 saturated carbocycles. The van der Waals surface area contributed by atoms with Gasteiger partial charge in [0.05, 0.1) is 0 Å². The minimum absolute atomic E-state index is 0.536. The molecule has 0 unspecified atom stereocenters. The van der Waals surface area contributed by atoms with Crippen molar-refractivity contribution >= 4 is 87.8 Å². The molecule has 0 atom stereocenters. The third kappa shape index (κ3) is 4.71. The second-order valence-corrected chi connectivity index (χ2v) is 14.8. The first kappa shape index (κ1) is 31.2. The number of hydrogen-bond acceptors (Lipinski definition) is 7.